The summed E-state index contributed by atoms with van der Waals surface area (Å²) in [7, 11) is 4.34. The van der Waals surface area contributed by atoms with Crippen LogP contribution in [-0.2, 0) is 27.5 Å². The van der Waals surface area contributed by atoms with E-state index >= 15 is 0 Å². The third-order valence-electron chi connectivity index (χ3n) is 6.62. The van der Waals surface area contributed by atoms with Gasteiger partial charge in [-0.05, 0) is 36.6 Å². The third-order valence-corrected chi connectivity index (χ3v) is 6.62. The minimum Gasteiger partial charge on any atom is -0.483 e. The zero-order valence-corrected chi connectivity index (χ0v) is 24.8. The van der Waals surface area contributed by atoms with Crippen molar-refractivity contribution in [2.75, 3.05) is 26.5 Å². The standard InChI is InChI=1S/C31H32F2N6O6/c1-38(2)25(40)14-8-7-12-22(35-31(43)44-3)29(41)34-23-13-9-15-39(30(23)42)17-24-36-26-20(32)16-21(33)28(27(26)37-24)45-18-19-10-5-4-6-11-19/h4-6,8-11,13-16,22H,7,12,17-18H2,1-3H3,(H,34,41)(H,35,43)(H,36,37)/b14-8+/t22-/m0/s1. The van der Waals surface area contributed by atoms with Crippen LogP contribution in [0.5, 0.6) is 5.75 Å². The van der Waals surface area contributed by atoms with Crippen molar-refractivity contribution in [2.24, 2.45) is 0 Å². The van der Waals surface area contributed by atoms with Crippen molar-refractivity contribution in [3.05, 3.63) is 100 Å². The number of ether oxygens (including phenoxy) is 2. The van der Waals surface area contributed by atoms with Crippen LogP contribution in [0.4, 0.5) is 19.3 Å². The number of amides is 3. The van der Waals surface area contributed by atoms with Crippen molar-refractivity contribution in [2.45, 2.75) is 32.0 Å². The predicted molar refractivity (Wildman–Crippen MR) is 162 cm³/mol. The van der Waals surface area contributed by atoms with Crippen molar-refractivity contribution in [1.82, 2.24) is 24.8 Å². The van der Waals surface area contributed by atoms with Crippen molar-refractivity contribution < 1.29 is 32.6 Å². The number of carbonyl (C=O) groups excluding carboxylic acids is 3. The molecule has 3 N–H and O–H groups in total. The van der Waals surface area contributed by atoms with Crippen LogP contribution in [0.2, 0.25) is 0 Å². The largest absolute Gasteiger partial charge is 0.483 e. The van der Waals surface area contributed by atoms with Crippen molar-refractivity contribution in [3.8, 4) is 5.75 Å². The van der Waals surface area contributed by atoms with Gasteiger partial charge >= 0.3 is 6.09 Å². The van der Waals surface area contributed by atoms with Crippen LogP contribution in [0.3, 0.4) is 0 Å². The number of methoxy groups -OCH3 is 1. The molecular weight excluding hydrogens is 590 g/mol. The highest BCUT2D eigenvalue weighted by Crippen LogP contribution is 2.30. The number of fused-ring (bicyclic) bond motifs is 1. The average Bonchev–Trinajstić information content (AvgIpc) is 3.44. The van der Waals surface area contributed by atoms with E-state index in [-0.39, 0.29) is 60.2 Å². The number of aromatic amines is 1. The number of imidazole rings is 1. The molecule has 0 radical (unpaired) electrons. The molecule has 4 aromatic rings. The molecule has 1 atom stereocenters. The molecule has 0 aliphatic heterocycles. The number of rotatable bonds is 12. The van der Waals surface area contributed by atoms with Gasteiger partial charge in [0.25, 0.3) is 5.56 Å². The molecule has 0 unspecified atom stereocenters. The Morgan fingerprint density at radius 2 is 1.87 bits per heavy atom. The lowest BCUT2D eigenvalue weighted by atomic mass is 10.1. The van der Waals surface area contributed by atoms with E-state index in [1.54, 1.807) is 44.4 Å². The van der Waals surface area contributed by atoms with Crippen molar-refractivity contribution in [3.63, 3.8) is 0 Å². The molecule has 12 nitrogen and oxygen atoms in total. The Balaban J connectivity index is 1.52. The molecule has 45 heavy (non-hydrogen) atoms. The first-order valence-electron chi connectivity index (χ1n) is 13.8. The van der Waals surface area contributed by atoms with E-state index < -0.39 is 35.2 Å². The quantitative estimate of drug-likeness (QED) is 0.204. The topological polar surface area (TPSA) is 148 Å². The fourth-order valence-corrected chi connectivity index (χ4v) is 4.27. The number of nitrogens with one attached hydrogen (secondary N) is 3. The minimum atomic E-state index is -1.09. The Hall–Kier alpha value is -5.53. The van der Waals surface area contributed by atoms with Crippen LogP contribution in [0.25, 0.3) is 11.0 Å². The smallest absolute Gasteiger partial charge is 0.407 e. The summed E-state index contributed by atoms with van der Waals surface area (Å²) in [5.41, 5.74) is -0.112. The number of benzene rings is 2. The summed E-state index contributed by atoms with van der Waals surface area (Å²) < 4.78 is 40.9. The highest BCUT2D eigenvalue weighted by atomic mass is 19.1. The second-order valence-corrected chi connectivity index (χ2v) is 10.1. The zero-order valence-electron chi connectivity index (χ0n) is 24.8. The number of allylic oxidation sites excluding steroid dienone is 1. The molecule has 0 saturated carbocycles. The van der Waals surface area contributed by atoms with Gasteiger partial charge in [0, 0.05) is 26.4 Å². The summed E-state index contributed by atoms with van der Waals surface area (Å²) in [5.74, 6) is -2.85. The van der Waals surface area contributed by atoms with Gasteiger partial charge in [-0.25, -0.2) is 18.6 Å². The van der Waals surface area contributed by atoms with Gasteiger partial charge in [0.15, 0.2) is 17.4 Å². The maximum absolute atomic E-state index is 14.7. The summed E-state index contributed by atoms with van der Waals surface area (Å²) in [5, 5.41) is 4.93. The molecule has 2 heterocycles. The monoisotopic (exact) mass is 622 g/mol. The van der Waals surface area contributed by atoms with Gasteiger partial charge in [0.2, 0.25) is 11.8 Å². The fraction of sp³-hybridized carbons (Fsp3) is 0.258. The number of hydrogen-bond donors (Lipinski definition) is 3. The molecule has 0 aliphatic carbocycles. The van der Waals surface area contributed by atoms with Gasteiger partial charge in [-0.3, -0.25) is 14.4 Å². The number of aromatic nitrogens is 3. The van der Waals surface area contributed by atoms with Crippen LogP contribution in [-0.4, -0.2) is 64.6 Å². The Bertz CT molecular complexity index is 1770. The lowest BCUT2D eigenvalue weighted by Gasteiger charge is -2.17. The zero-order chi connectivity index (χ0) is 32.5. The molecule has 3 amide bonds. The molecule has 0 bridgehead atoms. The molecule has 0 saturated heterocycles. The Morgan fingerprint density at radius 1 is 1.11 bits per heavy atom. The molecule has 0 spiro atoms. The second-order valence-electron chi connectivity index (χ2n) is 10.1. The van der Waals surface area contributed by atoms with E-state index in [9.17, 15) is 28.0 Å². The number of likely N-dealkylation sites (N-methyl/N-ethyl adjacent to an activating group) is 1. The number of carbonyl (C=O) groups is 3. The van der Waals surface area contributed by atoms with Crippen LogP contribution < -0.4 is 20.9 Å². The number of hydrogen-bond acceptors (Lipinski definition) is 7. The summed E-state index contributed by atoms with van der Waals surface area (Å²) in [6.07, 6.45) is 3.87. The van der Waals surface area contributed by atoms with Gasteiger partial charge in [-0.15, -0.1) is 0 Å². The fourth-order valence-electron chi connectivity index (χ4n) is 4.27. The van der Waals surface area contributed by atoms with Crippen molar-refractivity contribution >= 4 is 34.6 Å². The summed E-state index contributed by atoms with van der Waals surface area (Å²) in [6, 6.07) is 11.5. The second kappa shape index (κ2) is 14.8. The first-order valence-corrected chi connectivity index (χ1v) is 13.8. The van der Waals surface area contributed by atoms with E-state index in [0.717, 1.165) is 12.7 Å². The van der Waals surface area contributed by atoms with E-state index in [1.807, 2.05) is 6.07 Å². The Labute approximate surface area is 256 Å². The molecule has 2 aromatic carbocycles. The molecule has 2 aromatic heterocycles. The molecular formula is C31H32F2N6O6. The van der Waals surface area contributed by atoms with E-state index in [4.69, 9.17) is 4.74 Å². The van der Waals surface area contributed by atoms with E-state index in [1.165, 1.54) is 33.9 Å². The summed E-state index contributed by atoms with van der Waals surface area (Å²) in [6.45, 7) is -0.150. The number of anilines is 1. The van der Waals surface area contributed by atoms with Gasteiger partial charge < -0.3 is 34.6 Å². The maximum atomic E-state index is 14.7. The molecule has 0 fully saturated rings. The van der Waals surface area contributed by atoms with Crippen LogP contribution in [0.15, 0.2) is 71.7 Å². The summed E-state index contributed by atoms with van der Waals surface area (Å²) in [4.78, 5) is 58.4. The highest BCUT2D eigenvalue weighted by molar-refractivity contribution is 5.96. The molecule has 4 rings (SSSR count). The number of nitrogens with zero attached hydrogens (tertiary/aromatic N) is 3. The highest BCUT2D eigenvalue weighted by Gasteiger charge is 2.23. The van der Waals surface area contributed by atoms with E-state index in [2.05, 4.69) is 25.3 Å². The van der Waals surface area contributed by atoms with E-state index in [0.29, 0.717) is 6.07 Å². The summed E-state index contributed by atoms with van der Waals surface area (Å²) >= 11 is 0. The SMILES string of the molecule is COC(=O)N[C@@H](CC/C=C/C(=O)N(C)C)C(=O)Nc1cccn(Cc2nc3c(OCc4ccccc4)c(F)cc(F)c3[nH]2)c1=O. The van der Waals surface area contributed by atoms with Gasteiger partial charge in [-0.1, -0.05) is 36.4 Å². The Kier molecular flexibility index (Phi) is 10.6. The third kappa shape index (κ3) is 8.31. The first-order chi connectivity index (χ1) is 21.6. The van der Waals surface area contributed by atoms with Gasteiger partial charge in [0.1, 0.15) is 35.2 Å². The first kappa shape index (κ1) is 32.4. The molecule has 14 heteroatoms. The lowest BCUT2D eigenvalue weighted by Crippen LogP contribution is -2.44. The van der Waals surface area contributed by atoms with Gasteiger partial charge in [0.05, 0.1) is 13.7 Å². The Morgan fingerprint density at radius 3 is 2.58 bits per heavy atom. The number of halogens is 2. The molecule has 0 aliphatic rings. The van der Waals surface area contributed by atoms with Gasteiger partial charge in [-0.2, -0.15) is 0 Å². The number of alkyl carbamates (subject to hydrolysis) is 1. The van der Waals surface area contributed by atoms with Crippen LogP contribution in [0, 0.1) is 11.6 Å². The number of H-pyrrole nitrogens is 1. The molecule has 236 valence electrons. The van der Waals surface area contributed by atoms with Crippen LogP contribution >= 0.6 is 0 Å². The van der Waals surface area contributed by atoms with Crippen molar-refractivity contribution in [1.29, 1.82) is 0 Å². The average molecular weight is 623 g/mol. The lowest BCUT2D eigenvalue weighted by molar-refractivity contribution is -0.123. The predicted octanol–water partition coefficient (Wildman–Crippen LogP) is 3.72. The minimum absolute atomic E-state index is 0.0260. The van der Waals surface area contributed by atoms with Crippen LogP contribution in [0.1, 0.15) is 24.2 Å². The maximum Gasteiger partial charge on any atom is 0.407 e. The number of pyridine rings is 1. The normalized spacial score (nSPS) is 11.8.